The molecular weight excluding hydrogens is 350 g/mol. The molecule has 0 unspecified atom stereocenters. The van der Waals surface area contributed by atoms with Crippen LogP contribution in [0.3, 0.4) is 0 Å². The minimum atomic E-state index is -0.497. The number of primary amides is 1. The number of hydrogen-bond acceptors (Lipinski definition) is 4. The average molecular weight is 373 g/mol. The highest BCUT2D eigenvalue weighted by Crippen LogP contribution is 2.32. The Morgan fingerprint density at radius 2 is 1.96 bits per heavy atom. The van der Waals surface area contributed by atoms with Gasteiger partial charge in [0.05, 0.1) is 18.4 Å². The van der Waals surface area contributed by atoms with Crippen molar-refractivity contribution in [1.29, 1.82) is 0 Å². The number of pyridine rings is 1. The van der Waals surface area contributed by atoms with Crippen LogP contribution in [0.2, 0.25) is 0 Å². The van der Waals surface area contributed by atoms with Crippen LogP contribution in [0.5, 0.6) is 5.75 Å². The molecule has 142 valence electrons. The molecule has 0 bridgehead atoms. The SMILES string of the molecule is COc1ccc(CN2CCc3ccccc3C2)cc1-c1ncccc1C(N)=O. The lowest BCUT2D eigenvalue weighted by molar-refractivity contribution is 0.100. The van der Waals surface area contributed by atoms with Crippen LogP contribution in [0, 0.1) is 0 Å². The summed E-state index contributed by atoms with van der Waals surface area (Å²) in [6.45, 7) is 2.78. The second-order valence-corrected chi connectivity index (χ2v) is 7.03. The van der Waals surface area contributed by atoms with Crippen molar-refractivity contribution in [2.75, 3.05) is 13.7 Å². The summed E-state index contributed by atoms with van der Waals surface area (Å²) in [6, 6.07) is 18.1. The maximum atomic E-state index is 11.8. The van der Waals surface area contributed by atoms with Gasteiger partial charge in [-0.3, -0.25) is 14.7 Å². The van der Waals surface area contributed by atoms with Gasteiger partial charge in [0.15, 0.2) is 0 Å². The van der Waals surface area contributed by atoms with E-state index in [1.807, 2.05) is 12.1 Å². The lowest BCUT2D eigenvalue weighted by Crippen LogP contribution is -2.29. The molecule has 28 heavy (non-hydrogen) atoms. The molecule has 1 amide bonds. The normalized spacial score (nSPS) is 13.8. The molecule has 0 aliphatic carbocycles. The van der Waals surface area contributed by atoms with Gasteiger partial charge in [-0.15, -0.1) is 0 Å². The number of amides is 1. The molecule has 1 aromatic heterocycles. The second-order valence-electron chi connectivity index (χ2n) is 7.03. The number of rotatable bonds is 5. The Kier molecular flexibility index (Phi) is 5.08. The van der Waals surface area contributed by atoms with E-state index < -0.39 is 5.91 Å². The summed E-state index contributed by atoms with van der Waals surface area (Å²) >= 11 is 0. The highest BCUT2D eigenvalue weighted by molar-refractivity contribution is 5.99. The van der Waals surface area contributed by atoms with Crippen molar-refractivity contribution in [1.82, 2.24) is 9.88 Å². The largest absolute Gasteiger partial charge is 0.496 e. The molecule has 0 radical (unpaired) electrons. The Bertz CT molecular complexity index is 1020. The van der Waals surface area contributed by atoms with Gasteiger partial charge in [0, 0.05) is 31.4 Å². The zero-order valence-electron chi connectivity index (χ0n) is 15.9. The fourth-order valence-corrected chi connectivity index (χ4v) is 3.80. The molecule has 0 fully saturated rings. The molecule has 1 aliphatic rings. The van der Waals surface area contributed by atoms with Gasteiger partial charge >= 0.3 is 0 Å². The molecule has 5 heteroatoms. The molecule has 1 aliphatic heterocycles. The maximum absolute atomic E-state index is 11.8. The molecule has 2 heterocycles. The fourth-order valence-electron chi connectivity index (χ4n) is 3.80. The van der Waals surface area contributed by atoms with E-state index in [9.17, 15) is 4.79 Å². The minimum Gasteiger partial charge on any atom is -0.496 e. The first-order valence-electron chi connectivity index (χ1n) is 9.37. The Labute approximate surface area is 164 Å². The summed E-state index contributed by atoms with van der Waals surface area (Å²) in [5.41, 5.74) is 11.3. The van der Waals surface area contributed by atoms with Crippen LogP contribution in [0.25, 0.3) is 11.3 Å². The Morgan fingerprint density at radius 1 is 1.14 bits per heavy atom. The quantitative estimate of drug-likeness (QED) is 0.744. The number of carbonyl (C=O) groups is 1. The monoisotopic (exact) mass is 373 g/mol. The topological polar surface area (TPSA) is 68.4 Å². The van der Waals surface area contributed by atoms with Gasteiger partial charge in [0.1, 0.15) is 5.75 Å². The molecular formula is C23H23N3O2. The van der Waals surface area contributed by atoms with Crippen molar-refractivity contribution >= 4 is 5.91 Å². The van der Waals surface area contributed by atoms with Crippen LogP contribution < -0.4 is 10.5 Å². The Morgan fingerprint density at radius 3 is 2.75 bits per heavy atom. The van der Waals surface area contributed by atoms with Crippen molar-refractivity contribution in [2.45, 2.75) is 19.5 Å². The highest BCUT2D eigenvalue weighted by atomic mass is 16.5. The van der Waals surface area contributed by atoms with E-state index in [1.54, 1.807) is 25.4 Å². The zero-order valence-corrected chi connectivity index (χ0v) is 15.9. The van der Waals surface area contributed by atoms with Gasteiger partial charge in [0.2, 0.25) is 0 Å². The highest BCUT2D eigenvalue weighted by Gasteiger charge is 2.19. The summed E-state index contributed by atoms with van der Waals surface area (Å²) in [5, 5.41) is 0. The number of methoxy groups -OCH3 is 1. The first kappa shape index (κ1) is 18.2. The van der Waals surface area contributed by atoms with Crippen molar-refractivity contribution in [3.8, 4) is 17.0 Å². The predicted molar refractivity (Wildman–Crippen MR) is 109 cm³/mol. The number of benzene rings is 2. The average Bonchev–Trinajstić information content (AvgIpc) is 2.73. The lowest BCUT2D eigenvalue weighted by atomic mass is 9.98. The maximum Gasteiger partial charge on any atom is 0.250 e. The van der Waals surface area contributed by atoms with Crippen molar-refractivity contribution < 1.29 is 9.53 Å². The van der Waals surface area contributed by atoms with Crippen LogP contribution in [0.1, 0.15) is 27.0 Å². The Hall–Kier alpha value is -3.18. The molecule has 3 aromatic rings. The van der Waals surface area contributed by atoms with E-state index in [2.05, 4.69) is 40.2 Å². The summed E-state index contributed by atoms with van der Waals surface area (Å²) in [5.74, 6) is 0.178. The van der Waals surface area contributed by atoms with Crippen LogP contribution in [0.15, 0.2) is 60.8 Å². The summed E-state index contributed by atoms with van der Waals surface area (Å²) in [6.07, 6.45) is 2.72. The second kappa shape index (κ2) is 7.82. The molecule has 0 saturated carbocycles. The zero-order chi connectivity index (χ0) is 19.5. The van der Waals surface area contributed by atoms with Crippen LogP contribution in [-0.4, -0.2) is 29.4 Å². The third kappa shape index (κ3) is 3.62. The summed E-state index contributed by atoms with van der Waals surface area (Å²) in [4.78, 5) is 18.7. The van der Waals surface area contributed by atoms with E-state index in [1.165, 1.54) is 11.1 Å². The molecule has 5 nitrogen and oxygen atoms in total. The van der Waals surface area contributed by atoms with Gasteiger partial charge in [-0.1, -0.05) is 30.3 Å². The molecule has 4 rings (SSSR count). The third-order valence-corrected chi connectivity index (χ3v) is 5.21. The van der Waals surface area contributed by atoms with E-state index in [0.29, 0.717) is 17.0 Å². The number of hydrogen-bond donors (Lipinski definition) is 1. The van der Waals surface area contributed by atoms with Gasteiger partial charge in [-0.05, 0) is 47.4 Å². The van der Waals surface area contributed by atoms with E-state index in [0.717, 1.165) is 37.2 Å². The lowest BCUT2D eigenvalue weighted by Gasteiger charge is -2.29. The molecule has 0 saturated heterocycles. The van der Waals surface area contributed by atoms with E-state index >= 15 is 0 Å². The van der Waals surface area contributed by atoms with Crippen LogP contribution in [-0.2, 0) is 19.5 Å². The van der Waals surface area contributed by atoms with Crippen LogP contribution >= 0.6 is 0 Å². The molecule has 0 spiro atoms. The van der Waals surface area contributed by atoms with Gasteiger partial charge < -0.3 is 10.5 Å². The molecule has 2 N–H and O–H groups in total. The Balaban J connectivity index is 1.64. The minimum absolute atomic E-state index is 0.393. The van der Waals surface area contributed by atoms with Crippen molar-refractivity contribution in [3.63, 3.8) is 0 Å². The van der Waals surface area contributed by atoms with Crippen LogP contribution in [0.4, 0.5) is 0 Å². The number of aromatic nitrogens is 1. The number of fused-ring (bicyclic) bond motifs is 1. The van der Waals surface area contributed by atoms with E-state index in [-0.39, 0.29) is 0 Å². The standard InChI is InChI=1S/C23H23N3O2/c1-28-21-9-8-16(13-20(21)22-19(23(24)27)7-4-11-25-22)14-26-12-10-17-5-2-3-6-18(17)15-26/h2-9,11,13H,10,12,14-15H2,1H3,(H2,24,27). The van der Waals surface area contributed by atoms with Crippen molar-refractivity contribution in [2.24, 2.45) is 5.73 Å². The first-order chi connectivity index (χ1) is 13.7. The molecule has 2 aromatic carbocycles. The number of carbonyl (C=O) groups excluding carboxylic acids is 1. The van der Waals surface area contributed by atoms with Gasteiger partial charge in [-0.2, -0.15) is 0 Å². The summed E-state index contributed by atoms with van der Waals surface area (Å²) in [7, 11) is 1.62. The number of ether oxygens (including phenoxy) is 1. The summed E-state index contributed by atoms with van der Waals surface area (Å²) < 4.78 is 5.52. The van der Waals surface area contributed by atoms with E-state index in [4.69, 9.17) is 10.5 Å². The number of nitrogens with zero attached hydrogens (tertiary/aromatic N) is 2. The third-order valence-electron chi connectivity index (χ3n) is 5.21. The van der Waals surface area contributed by atoms with Gasteiger partial charge in [-0.25, -0.2) is 0 Å². The molecule has 0 atom stereocenters. The first-order valence-corrected chi connectivity index (χ1v) is 9.37. The smallest absolute Gasteiger partial charge is 0.250 e. The van der Waals surface area contributed by atoms with Crippen molar-refractivity contribution in [3.05, 3.63) is 83.0 Å². The van der Waals surface area contributed by atoms with Gasteiger partial charge in [0.25, 0.3) is 5.91 Å². The number of nitrogens with two attached hydrogens (primary N) is 1. The predicted octanol–water partition coefficient (Wildman–Crippen LogP) is 3.41. The fraction of sp³-hybridized carbons (Fsp3) is 0.217.